The molecule has 50 heavy (non-hydrogen) atoms. The minimum absolute atomic E-state index is 0.0372. The number of thiazole rings is 1. The molecule has 1 aromatic heterocycles. The summed E-state index contributed by atoms with van der Waals surface area (Å²) in [6.45, 7) is 7.11. The van der Waals surface area contributed by atoms with Gasteiger partial charge in [-0.1, -0.05) is 58.0 Å². The van der Waals surface area contributed by atoms with Gasteiger partial charge in [-0.2, -0.15) is 4.31 Å². The van der Waals surface area contributed by atoms with E-state index in [2.05, 4.69) is 10.3 Å². The number of rotatable bonds is 18. The number of methoxy groups -OCH3 is 2. The van der Waals surface area contributed by atoms with E-state index in [9.17, 15) is 27.9 Å². The topological polar surface area (TPSA) is 159 Å². The molecule has 2 heterocycles. The van der Waals surface area contributed by atoms with Crippen LogP contribution < -0.4 is 10.1 Å². The van der Waals surface area contributed by atoms with Crippen molar-refractivity contribution in [2.24, 2.45) is 11.8 Å². The average Bonchev–Trinajstić information content (AvgIpc) is 3.63. The van der Waals surface area contributed by atoms with E-state index in [-0.39, 0.29) is 43.4 Å². The fourth-order valence-electron chi connectivity index (χ4n) is 5.84. The van der Waals surface area contributed by atoms with E-state index in [0.29, 0.717) is 23.1 Å². The van der Waals surface area contributed by atoms with Crippen LogP contribution >= 0.6 is 11.3 Å². The Morgan fingerprint density at radius 2 is 1.72 bits per heavy atom. The molecule has 0 saturated carbocycles. The number of hydrogen-bond acceptors (Lipinski definition) is 10. The predicted octanol–water partition coefficient (Wildman–Crippen LogP) is 3.52. The number of aliphatic hydroxyl groups excluding tert-OH is 1. The molecule has 1 saturated heterocycles. The van der Waals surface area contributed by atoms with Crippen LogP contribution in [0.2, 0.25) is 0 Å². The van der Waals surface area contributed by atoms with E-state index < -0.39 is 52.0 Å². The number of amides is 4. The molecule has 0 spiro atoms. The van der Waals surface area contributed by atoms with E-state index >= 15 is 0 Å². The fourth-order valence-corrected chi connectivity index (χ4v) is 8.22. The van der Waals surface area contributed by atoms with Crippen molar-refractivity contribution in [2.75, 3.05) is 33.9 Å². The lowest BCUT2D eigenvalue weighted by Crippen LogP contribution is -2.57. The molecule has 1 aliphatic rings. The van der Waals surface area contributed by atoms with Gasteiger partial charge < -0.3 is 24.8 Å². The minimum atomic E-state index is -4.04. The second-order valence-electron chi connectivity index (χ2n) is 13.0. The number of carbonyl (C=O) groups excluding carboxylic acids is 3. The van der Waals surface area contributed by atoms with Gasteiger partial charge in [0.1, 0.15) is 23.3 Å². The van der Waals surface area contributed by atoms with Crippen LogP contribution in [0.15, 0.2) is 64.9 Å². The van der Waals surface area contributed by atoms with Gasteiger partial charge in [0.15, 0.2) is 0 Å². The van der Waals surface area contributed by atoms with Crippen LogP contribution in [0, 0.1) is 11.8 Å². The lowest BCUT2D eigenvalue weighted by atomic mass is 9.97. The van der Waals surface area contributed by atoms with Gasteiger partial charge in [-0.25, -0.2) is 18.2 Å². The average molecular weight is 730 g/mol. The highest BCUT2D eigenvalue weighted by atomic mass is 32.2. The number of nitrogens with zero attached hydrogens (tertiary/aromatic N) is 4. The number of sulfonamides is 1. The Morgan fingerprint density at radius 1 is 1.04 bits per heavy atom. The van der Waals surface area contributed by atoms with Crippen LogP contribution in [0.5, 0.6) is 5.75 Å². The van der Waals surface area contributed by atoms with Gasteiger partial charge in [0, 0.05) is 25.6 Å². The Balaban J connectivity index is 1.57. The standard InChI is InChI=1S/C35H47N5O8S2/c1-23(2)17-38(50(45,46)28-14-12-27(48-6)13-15-28)19-30(41)29(16-25-10-8-7-9-11-25)37-34(43)33(24(3)4)40-20-32(42)39(35(40)44)18-26-22-49-31(36-26)21-47-5/h7-15,22-24,29-30,33,41H,16-21H2,1-6H3,(H,37,43)/t29-,30?,33+/m0/s1. The molecular weight excluding hydrogens is 683 g/mol. The number of urea groups is 1. The number of aliphatic hydroxyl groups is 1. The zero-order chi connectivity index (χ0) is 36.6. The normalized spacial score (nSPS) is 15.6. The first kappa shape index (κ1) is 38.9. The van der Waals surface area contributed by atoms with E-state index in [1.54, 1.807) is 38.5 Å². The molecule has 0 bridgehead atoms. The number of nitrogens with one attached hydrogen (secondary N) is 1. The highest BCUT2D eigenvalue weighted by Gasteiger charge is 2.44. The van der Waals surface area contributed by atoms with Crippen LogP contribution in [0.25, 0.3) is 0 Å². The van der Waals surface area contributed by atoms with Gasteiger partial charge in [0.2, 0.25) is 15.9 Å². The third kappa shape index (κ3) is 9.66. The maximum absolute atomic E-state index is 14.1. The summed E-state index contributed by atoms with van der Waals surface area (Å²) in [5.41, 5.74) is 1.35. The van der Waals surface area contributed by atoms with Crippen molar-refractivity contribution in [1.29, 1.82) is 0 Å². The monoisotopic (exact) mass is 729 g/mol. The quantitative estimate of drug-likeness (QED) is 0.187. The SMILES string of the molecule is COCc1nc(CN2C(=O)CN([C@@H](C(=O)N[C@@H](Cc3ccccc3)C(O)CN(CC(C)C)S(=O)(=O)c3ccc(OC)cc3)C(C)C)C2=O)cs1. The Bertz CT molecular complexity index is 1700. The summed E-state index contributed by atoms with van der Waals surface area (Å²) in [7, 11) is -0.998. The van der Waals surface area contributed by atoms with Crippen LogP contribution in [0.1, 0.15) is 44.0 Å². The van der Waals surface area contributed by atoms with E-state index in [0.717, 1.165) is 10.5 Å². The number of imide groups is 1. The van der Waals surface area contributed by atoms with Crippen molar-refractivity contribution in [2.45, 2.75) is 70.4 Å². The van der Waals surface area contributed by atoms with Gasteiger partial charge in [-0.15, -0.1) is 11.3 Å². The zero-order valence-electron chi connectivity index (χ0n) is 29.3. The summed E-state index contributed by atoms with van der Waals surface area (Å²) < 4.78 is 39.2. The largest absolute Gasteiger partial charge is 0.497 e. The summed E-state index contributed by atoms with van der Waals surface area (Å²) in [4.78, 5) is 47.6. The molecule has 2 N–H and O–H groups in total. The highest BCUT2D eigenvalue weighted by Crippen LogP contribution is 2.24. The van der Waals surface area contributed by atoms with Gasteiger partial charge in [-0.3, -0.25) is 14.5 Å². The lowest BCUT2D eigenvalue weighted by molar-refractivity contribution is -0.129. The van der Waals surface area contributed by atoms with E-state index in [4.69, 9.17) is 9.47 Å². The van der Waals surface area contributed by atoms with Gasteiger partial charge in [-0.05, 0) is 48.1 Å². The molecule has 272 valence electrons. The Morgan fingerprint density at radius 3 is 2.32 bits per heavy atom. The Labute approximate surface area is 298 Å². The van der Waals surface area contributed by atoms with Crippen molar-refractivity contribution in [3.8, 4) is 5.75 Å². The maximum atomic E-state index is 14.1. The van der Waals surface area contributed by atoms with Crippen LogP contribution in [-0.4, -0.2) is 103 Å². The van der Waals surface area contributed by atoms with Crippen molar-refractivity contribution in [1.82, 2.24) is 24.4 Å². The Hall–Kier alpha value is -3.89. The van der Waals surface area contributed by atoms with Crippen molar-refractivity contribution >= 4 is 39.2 Å². The molecule has 4 amide bonds. The van der Waals surface area contributed by atoms with Crippen LogP contribution in [-0.2, 0) is 43.9 Å². The lowest BCUT2D eigenvalue weighted by Gasteiger charge is -2.34. The number of aromatic nitrogens is 1. The third-order valence-electron chi connectivity index (χ3n) is 8.25. The summed E-state index contributed by atoms with van der Waals surface area (Å²) in [5, 5.41) is 17.1. The summed E-state index contributed by atoms with van der Waals surface area (Å²) in [6.07, 6.45) is -1.15. The first-order valence-electron chi connectivity index (χ1n) is 16.4. The molecule has 1 aliphatic heterocycles. The van der Waals surface area contributed by atoms with Crippen molar-refractivity contribution < 1.29 is 37.4 Å². The Kier molecular flexibility index (Phi) is 13.5. The fraction of sp³-hybridized carbons (Fsp3) is 0.486. The first-order valence-corrected chi connectivity index (χ1v) is 18.8. The molecule has 0 radical (unpaired) electrons. The molecule has 15 heteroatoms. The van der Waals surface area contributed by atoms with Crippen LogP contribution in [0.3, 0.4) is 0 Å². The van der Waals surface area contributed by atoms with Gasteiger partial charge in [0.25, 0.3) is 5.91 Å². The number of carbonyl (C=O) groups is 3. The molecular formula is C35H47N5O8S2. The number of hydrogen-bond donors (Lipinski definition) is 2. The van der Waals surface area contributed by atoms with Gasteiger partial charge in [0.05, 0.1) is 43.0 Å². The number of benzene rings is 2. The summed E-state index contributed by atoms with van der Waals surface area (Å²) in [5.74, 6) is -0.983. The third-order valence-corrected chi connectivity index (χ3v) is 11.0. The second kappa shape index (κ2) is 17.4. The molecule has 3 aromatic rings. The smallest absolute Gasteiger partial charge is 0.328 e. The zero-order valence-corrected chi connectivity index (χ0v) is 30.9. The second-order valence-corrected chi connectivity index (χ2v) is 15.9. The summed E-state index contributed by atoms with van der Waals surface area (Å²) >= 11 is 1.36. The van der Waals surface area contributed by atoms with Crippen molar-refractivity contribution in [3.63, 3.8) is 0 Å². The molecule has 3 atom stereocenters. The predicted molar refractivity (Wildman–Crippen MR) is 189 cm³/mol. The minimum Gasteiger partial charge on any atom is -0.497 e. The first-order chi connectivity index (χ1) is 23.7. The molecule has 13 nitrogen and oxygen atoms in total. The molecule has 2 aromatic carbocycles. The highest BCUT2D eigenvalue weighted by molar-refractivity contribution is 7.89. The maximum Gasteiger partial charge on any atom is 0.328 e. The summed E-state index contributed by atoms with van der Waals surface area (Å²) in [6, 6.07) is 12.6. The molecule has 1 unspecified atom stereocenters. The molecule has 0 aliphatic carbocycles. The van der Waals surface area contributed by atoms with Gasteiger partial charge >= 0.3 is 6.03 Å². The van der Waals surface area contributed by atoms with E-state index in [1.165, 1.54) is 39.8 Å². The molecule has 4 rings (SSSR count). The number of ether oxygens (including phenoxy) is 2. The van der Waals surface area contributed by atoms with Crippen molar-refractivity contribution in [3.05, 3.63) is 76.2 Å². The van der Waals surface area contributed by atoms with Crippen LogP contribution in [0.4, 0.5) is 4.79 Å². The molecule has 1 fully saturated rings. The van der Waals surface area contributed by atoms with E-state index in [1.807, 2.05) is 44.2 Å².